The lowest BCUT2D eigenvalue weighted by Crippen LogP contribution is -2.14. The highest BCUT2D eigenvalue weighted by atomic mass is 16.5. The molecular weight excluding hydrogens is 298 g/mol. The van der Waals surface area contributed by atoms with Gasteiger partial charge in [-0.1, -0.05) is 5.16 Å². The van der Waals surface area contributed by atoms with Crippen LogP contribution in [0.1, 0.15) is 0 Å². The van der Waals surface area contributed by atoms with Crippen molar-refractivity contribution in [1.82, 2.24) is 14.7 Å². The standard InChI is InChI=1S/C16H15N3O4/c1-19-9-11(5-7-14(19)20)15-17-16(23-18-15)10-4-6-12(21-2)13(8-10)22-3/h4-9H,1-3H3. The van der Waals surface area contributed by atoms with E-state index in [0.717, 1.165) is 0 Å². The number of nitrogens with zero attached hydrogens (tertiary/aromatic N) is 3. The van der Waals surface area contributed by atoms with E-state index in [1.165, 1.54) is 10.6 Å². The van der Waals surface area contributed by atoms with Crippen LogP contribution in [0.15, 0.2) is 45.8 Å². The maximum absolute atomic E-state index is 11.4. The third-order valence-electron chi connectivity index (χ3n) is 3.40. The molecule has 0 saturated carbocycles. The van der Waals surface area contributed by atoms with Crippen LogP contribution in [-0.2, 0) is 7.05 Å². The number of hydrogen-bond acceptors (Lipinski definition) is 6. The van der Waals surface area contributed by atoms with Crippen molar-refractivity contribution in [1.29, 1.82) is 0 Å². The molecule has 0 fully saturated rings. The second kappa shape index (κ2) is 5.96. The van der Waals surface area contributed by atoms with E-state index in [1.807, 2.05) is 0 Å². The predicted molar refractivity (Wildman–Crippen MR) is 83.5 cm³/mol. The van der Waals surface area contributed by atoms with E-state index in [9.17, 15) is 4.79 Å². The number of rotatable bonds is 4. The van der Waals surface area contributed by atoms with Crippen LogP contribution in [-0.4, -0.2) is 28.9 Å². The van der Waals surface area contributed by atoms with Gasteiger partial charge in [0.05, 0.1) is 14.2 Å². The Morgan fingerprint density at radius 3 is 2.48 bits per heavy atom. The van der Waals surface area contributed by atoms with Crippen LogP contribution in [0, 0.1) is 0 Å². The molecule has 0 aliphatic rings. The first-order chi connectivity index (χ1) is 11.1. The van der Waals surface area contributed by atoms with E-state index in [4.69, 9.17) is 14.0 Å². The molecule has 23 heavy (non-hydrogen) atoms. The first kappa shape index (κ1) is 14.8. The molecular formula is C16H15N3O4. The number of pyridine rings is 1. The highest BCUT2D eigenvalue weighted by molar-refractivity contribution is 5.62. The fraction of sp³-hybridized carbons (Fsp3) is 0.188. The third-order valence-corrected chi connectivity index (χ3v) is 3.40. The van der Waals surface area contributed by atoms with Crippen LogP contribution < -0.4 is 15.0 Å². The van der Waals surface area contributed by atoms with Gasteiger partial charge in [-0.15, -0.1) is 0 Å². The van der Waals surface area contributed by atoms with Gasteiger partial charge in [0.2, 0.25) is 11.4 Å². The molecule has 0 unspecified atom stereocenters. The van der Waals surface area contributed by atoms with E-state index < -0.39 is 0 Å². The number of aryl methyl sites for hydroxylation is 1. The van der Waals surface area contributed by atoms with Gasteiger partial charge in [-0.25, -0.2) is 0 Å². The summed E-state index contributed by atoms with van der Waals surface area (Å²) in [6, 6.07) is 8.45. The van der Waals surface area contributed by atoms with Gasteiger partial charge in [-0.3, -0.25) is 4.79 Å². The van der Waals surface area contributed by atoms with Crippen LogP contribution in [0.3, 0.4) is 0 Å². The largest absolute Gasteiger partial charge is 0.493 e. The molecule has 7 nitrogen and oxygen atoms in total. The lowest BCUT2D eigenvalue weighted by atomic mass is 10.2. The summed E-state index contributed by atoms with van der Waals surface area (Å²) in [6.07, 6.45) is 1.66. The molecule has 0 amide bonds. The molecule has 3 aromatic rings. The second-order valence-corrected chi connectivity index (χ2v) is 4.86. The zero-order valence-electron chi connectivity index (χ0n) is 12.9. The van der Waals surface area contributed by atoms with Crippen LogP contribution in [0.25, 0.3) is 22.8 Å². The molecule has 1 aromatic carbocycles. The van der Waals surface area contributed by atoms with Crippen LogP contribution in [0.5, 0.6) is 11.5 Å². The van der Waals surface area contributed by atoms with E-state index >= 15 is 0 Å². The molecule has 118 valence electrons. The fourth-order valence-corrected chi connectivity index (χ4v) is 2.15. The van der Waals surface area contributed by atoms with Gasteiger partial charge < -0.3 is 18.6 Å². The molecule has 0 aliphatic heterocycles. The molecule has 7 heteroatoms. The van der Waals surface area contributed by atoms with Gasteiger partial charge in [0, 0.05) is 30.4 Å². The van der Waals surface area contributed by atoms with E-state index in [2.05, 4.69) is 10.1 Å². The summed E-state index contributed by atoms with van der Waals surface area (Å²) in [6.45, 7) is 0. The van der Waals surface area contributed by atoms with Crippen LogP contribution in [0.2, 0.25) is 0 Å². The fourth-order valence-electron chi connectivity index (χ4n) is 2.15. The maximum Gasteiger partial charge on any atom is 0.258 e. The highest BCUT2D eigenvalue weighted by Gasteiger charge is 2.13. The number of aromatic nitrogens is 3. The monoisotopic (exact) mass is 313 g/mol. The summed E-state index contributed by atoms with van der Waals surface area (Å²) < 4.78 is 17.2. The van der Waals surface area contributed by atoms with Crippen molar-refractivity contribution < 1.29 is 14.0 Å². The van der Waals surface area contributed by atoms with Crippen LogP contribution in [0.4, 0.5) is 0 Å². The van der Waals surface area contributed by atoms with Gasteiger partial charge in [0.1, 0.15) is 0 Å². The summed E-state index contributed by atoms with van der Waals surface area (Å²) in [5.74, 6) is 1.96. The average Bonchev–Trinajstić information content (AvgIpc) is 3.06. The molecule has 0 aliphatic carbocycles. The highest BCUT2D eigenvalue weighted by Crippen LogP contribution is 2.32. The van der Waals surface area contributed by atoms with E-state index in [-0.39, 0.29) is 5.56 Å². The molecule has 0 spiro atoms. The Hall–Kier alpha value is -3.09. The number of methoxy groups -OCH3 is 2. The molecule has 0 atom stereocenters. The minimum atomic E-state index is -0.0997. The average molecular weight is 313 g/mol. The van der Waals surface area contributed by atoms with E-state index in [0.29, 0.717) is 34.3 Å². The summed E-state index contributed by atoms with van der Waals surface area (Å²) in [7, 11) is 4.80. The zero-order chi connectivity index (χ0) is 16.4. The summed E-state index contributed by atoms with van der Waals surface area (Å²) in [5, 5.41) is 3.96. The Morgan fingerprint density at radius 2 is 1.78 bits per heavy atom. The quantitative estimate of drug-likeness (QED) is 0.734. The Labute approximate surface area is 132 Å². The van der Waals surface area contributed by atoms with Crippen molar-refractivity contribution in [2.75, 3.05) is 14.2 Å². The van der Waals surface area contributed by atoms with Crippen molar-refractivity contribution in [2.45, 2.75) is 0 Å². The molecule has 0 bridgehead atoms. The van der Waals surface area contributed by atoms with Gasteiger partial charge in [-0.2, -0.15) is 4.98 Å². The predicted octanol–water partition coefficient (Wildman–Crippen LogP) is 2.12. The number of ether oxygens (including phenoxy) is 2. The number of hydrogen-bond donors (Lipinski definition) is 0. The Bertz CT molecular complexity index is 898. The zero-order valence-corrected chi connectivity index (χ0v) is 12.9. The Morgan fingerprint density at radius 1 is 1.04 bits per heavy atom. The van der Waals surface area contributed by atoms with Gasteiger partial charge in [-0.05, 0) is 24.3 Å². The van der Waals surface area contributed by atoms with Crippen molar-refractivity contribution in [3.8, 4) is 34.3 Å². The third kappa shape index (κ3) is 2.80. The smallest absolute Gasteiger partial charge is 0.258 e. The Kier molecular flexibility index (Phi) is 3.84. The number of benzene rings is 1. The second-order valence-electron chi connectivity index (χ2n) is 4.86. The summed E-state index contributed by atoms with van der Waals surface area (Å²) >= 11 is 0. The molecule has 0 radical (unpaired) electrons. The van der Waals surface area contributed by atoms with Crippen molar-refractivity contribution in [2.24, 2.45) is 7.05 Å². The normalized spacial score (nSPS) is 10.6. The lowest BCUT2D eigenvalue weighted by molar-refractivity contribution is 0.355. The lowest BCUT2D eigenvalue weighted by Gasteiger charge is -2.07. The van der Waals surface area contributed by atoms with Crippen molar-refractivity contribution in [3.63, 3.8) is 0 Å². The van der Waals surface area contributed by atoms with Gasteiger partial charge in [0.15, 0.2) is 11.5 Å². The van der Waals surface area contributed by atoms with Crippen LogP contribution >= 0.6 is 0 Å². The Balaban J connectivity index is 1.98. The summed E-state index contributed by atoms with van der Waals surface area (Å²) in [4.78, 5) is 15.8. The molecule has 0 N–H and O–H groups in total. The summed E-state index contributed by atoms with van der Waals surface area (Å²) in [5.41, 5.74) is 1.31. The van der Waals surface area contributed by atoms with Gasteiger partial charge >= 0.3 is 0 Å². The van der Waals surface area contributed by atoms with Crippen molar-refractivity contribution in [3.05, 3.63) is 46.9 Å². The molecule has 2 aromatic heterocycles. The molecule has 0 saturated heterocycles. The topological polar surface area (TPSA) is 79.4 Å². The minimum Gasteiger partial charge on any atom is -0.493 e. The first-order valence-corrected chi connectivity index (χ1v) is 6.85. The molecule has 3 rings (SSSR count). The SMILES string of the molecule is COc1ccc(-c2nc(-c3ccc(=O)n(C)c3)no2)cc1OC. The van der Waals surface area contributed by atoms with Crippen molar-refractivity contribution >= 4 is 0 Å². The van der Waals surface area contributed by atoms with Gasteiger partial charge in [0.25, 0.3) is 5.89 Å². The first-order valence-electron chi connectivity index (χ1n) is 6.85. The minimum absolute atomic E-state index is 0.0997. The molecule has 2 heterocycles. The van der Waals surface area contributed by atoms with E-state index in [1.54, 1.807) is 51.7 Å². The maximum atomic E-state index is 11.4.